The molecule has 0 fully saturated rings. The first-order chi connectivity index (χ1) is 13.8. The topological polar surface area (TPSA) is 72.1 Å². The van der Waals surface area contributed by atoms with Gasteiger partial charge in [-0.15, -0.1) is 10.2 Å². The fourth-order valence-electron chi connectivity index (χ4n) is 3.85. The van der Waals surface area contributed by atoms with Gasteiger partial charge in [-0.3, -0.25) is 4.99 Å². The summed E-state index contributed by atoms with van der Waals surface area (Å²) in [6.07, 6.45) is 7.92. The molecule has 0 unspecified atom stereocenters. The van der Waals surface area contributed by atoms with Crippen LogP contribution in [0.25, 0.3) is 10.9 Å². The molecule has 0 spiro atoms. The van der Waals surface area contributed by atoms with Crippen LogP contribution in [-0.2, 0) is 26.1 Å². The molecular formula is C21H29N7. The van der Waals surface area contributed by atoms with E-state index in [2.05, 4.69) is 71.5 Å². The molecule has 0 aliphatic carbocycles. The third-order valence-corrected chi connectivity index (χ3v) is 5.37. The lowest BCUT2D eigenvalue weighted by Gasteiger charge is -2.13. The summed E-state index contributed by atoms with van der Waals surface area (Å²) in [6.45, 7) is 3.52. The number of nitrogens with one attached hydrogen (secondary N) is 2. The van der Waals surface area contributed by atoms with Crippen molar-refractivity contribution in [3.63, 3.8) is 0 Å². The standard InChI is InChI=1S/C21H29N7/c1-22-21(24-16-20-26-25-19-10-3-2-6-14-28(19)20)23-12-7-13-27-15-11-17-8-4-5-9-18(17)27/h4-5,8-9,11,15H,2-3,6-7,10,12-14,16H2,1H3,(H2,22,23,24). The van der Waals surface area contributed by atoms with E-state index >= 15 is 0 Å². The van der Waals surface area contributed by atoms with Gasteiger partial charge in [0.2, 0.25) is 0 Å². The first-order valence-electron chi connectivity index (χ1n) is 10.2. The molecule has 4 rings (SSSR count). The van der Waals surface area contributed by atoms with Gasteiger partial charge in [-0.1, -0.05) is 24.6 Å². The lowest BCUT2D eigenvalue weighted by atomic mass is 10.2. The number of aliphatic imine (C=N–C) groups is 1. The second-order valence-electron chi connectivity index (χ2n) is 7.27. The number of rotatable bonds is 6. The van der Waals surface area contributed by atoms with Gasteiger partial charge in [0, 0.05) is 44.8 Å². The van der Waals surface area contributed by atoms with E-state index in [4.69, 9.17) is 0 Å². The highest BCUT2D eigenvalue weighted by Crippen LogP contribution is 2.15. The molecule has 7 nitrogen and oxygen atoms in total. The molecule has 3 heterocycles. The van der Waals surface area contributed by atoms with Gasteiger partial charge in [0.25, 0.3) is 0 Å². The maximum Gasteiger partial charge on any atom is 0.191 e. The molecule has 148 valence electrons. The van der Waals surface area contributed by atoms with E-state index in [1.165, 1.54) is 30.2 Å². The zero-order chi connectivity index (χ0) is 19.2. The average molecular weight is 380 g/mol. The summed E-state index contributed by atoms with van der Waals surface area (Å²) in [5.74, 6) is 2.93. The fourth-order valence-corrected chi connectivity index (χ4v) is 3.85. The van der Waals surface area contributed by atoms with Crippen LogP contribution in [-0.4, -0.2) is 38.9 Å². The Bertz CT molecular complexity index is 937. The van der Waals surface area contributed by atoms with Gasteiger partial charge in [0.1, 0.15) is 5.82 Å². The van der Waals surface area contributed by atoms with Gasteiger partial charge in [-0.05, 0) is 36.8 Å². The monoisotopic (exact) mass is 379 g/mol. The van der Waals surface area contributed by atoms with Crippen molar-refractivity contribution in [3.05, 3.63) is 48.2 Å². The number of guanidine groups is 1. The summed E-state index contributed by atoms with van der Waals surface area (Å²) in [5, 5.41) is 16.8. The number of benzene rings is 1. The van der Waals surface area contributed by atoms with Crippen molar-refractivity contribution in [1.29, 1.82) is 0 Å². The number of nitrogens with zero attached hydrogens (tertiary/aromatic N) is 5. The fraction of sp³-hybridized carbons (Fsp3) is 0.476. The zero-order valence-corrected chi connectivity index (χ0v) is 16.6. The van der Waals surface area contributed by atoms with Crippen molar-refractivity contribution < 1.29 is 0 Å². The van der Waals surface area contributed by atoms with E-state index in [1.807, 2.05) is 0 Å². The largest absolute Gasteiger partial charge is 0.356 e. The van der Waals surface area contributed by atoms with Gasteiger partial charge in [0.15, 0.2) is 11.8 Å². The van der Waals surface area contributed by atoms with Crippen LogP contribution >= 0.6 is 0 Å². The second kappa shape index (κ2) is 8.91. The Kier molecular flexibility index (Phi) is 5.89. The molecule has 0 amide bonds. The molecule has 1 aliphatic heterocycles. The van der Waals surface area contributed by atoms with Gasteiger partial charge in [-0.25, -0.2) is 0 Å². The number of para-hydroxylation sites is 1. The molecule has 7 heteroatoms. The van der Waals surface area contributed by atoms with Crippen LogP contribution in [0.4, 0.5) is 0 Å². The van der Waals surface area contributed by atoms with Gasteiger partial charge in [-0.2, -0.15) is 0 Å². The molecule has 2 N–H and O–H groups in total. The van der Waals surface area contributed by atoms with Crippen LogP contribution in [0, 0.1) is 0 Å². The summed E-state index contributed by atoms with van der Waals surface area (Å²) < 4.78 is 4.57. The van der Waals surface area contributed by atoms with E-state index < -0.39 is 0 Å². The summed E-state index contributed by atoms with van der Waals surface area (Å²) in [6, 6.07) is 10.7. The number of aromatic nitrogens is 4. The van der Waals surface area contributed by atoms with Crippen molar-refractivity contribution in [2.24, 2.45) is 4.99 Å². The highest BCUT2D eigenvalue weighted by Gasteiger charge is 2.14. The number of aryl methyl sites for hydroxylation is 2. The Morgan fingerprint density at radius 2 is 2.04 bits per heavy atom. The van der Waals surface area contributed by atoms with E-state index in [0.717, 1.165) is 50.1 Å². The van der Waals surface area contributed by atoms with E-state index in [9.17, 15) is 0 Å². The van der Waals surface area contributed by atoms with Crippen molar-refractivity contribution >= 4 is 16.9 Å². The smallest absolute Gasteiger partial charge is 0.191 e. The number of hydrogen-bond acceptors (Lipinski definition) is 3. The molecule has 0 bridgehead atoms. The Labute approximate surface area is 165 Å². The minimum Gasteiger partial charge on any atom is -0.356 e. The van der Waals surface area contributed by atoms with Crippen LogP contribution in [0.5, 0.6) is 0 Å². The van der Waals surface area contributed by atoms with Crippen molar-refractivity contribution in [2.75, 3.05) is 13.6 Å². The van der Waals surface area contributed by atoms with Crippen LogP contribution in [0.3, 0.4) is 0 Å². The minimum atomic E-state index is 0.648. The number of fused-ring (bicyclic) bond motifs is 2. The van der Waals surface area contributed by atoms with Crippen LogP contribution < -0.4 is 10.6 Å². The normalized spacial score (nSPS) is 14.7. The maximum atomic E-state index is 4.37. The van der Waals surface area contributed by atoms with Crippen molar-refractivity contribution in [1.82, 2.24) is 30.0 Å². The lowest BCUT2D eigenvalue weighted by Crippen LogP contribution is -2.38. The summed E-state index contributed by atoms with van der Waals surface area (Å²) in [5.41, 5.74) is 1.29. The molecule has 3 aromatic rings. The van der Waals surface area contributed by atoms with Crippen LogP contribution in [0.15, 0.2) is 41.5 Å². The summed E-state index contributed by atoms with van der Waals surface area (Å²) in [4.78, 5) is 4.33. The quantitative estimate of drug-likeness (QED) is 0.392. The summed E-state index contributed by atoms with van der Waals surface area (Å²) >= 11 is 0. The average Bonchev–Trinajstić information content (AvgIpc) is 3.23. The van der Waals surface area contributed by atoms with Gasteiger partial charge in [0.05, 0.1) is 6.54 Å². The molecule has 0 saturated heterocycles. The highest BCUT2D eigenvalue weighted by molar-refractivity contribution is 5.80. The Morgan fingerprint density at radius 1 is 1.11 bits per heavy atom. The zero-order valence-electron chi connectivity index (χ0n) is 16.6. The highest BCUT2D eigenvalue weighted by atomic mass is 15.3. The third kappa shape index (κ3) is 4.18. The van der Waals surface area contributed by atoms with Gasteiger partial charge >= 0.3 is 0 Å². The Balaban J connectivity index is 1.25. The van der Waals surface area contributed by atoms with Crippen LogP contribution in [0.2, 0.25) is 0 Å². The van der Waals surface area contributed by atoms with E-state index in [-0.39, 0.29) is 0 Å². The number of hydrogen-bond donors (Lipinski definition) is 2. The molecular weight excluding hydrogens is 350 g/mol. The molecule has 1 aliphatic rings. The predicted octanol–water partition coefficient (Wildman–Crippen LogP) is 2.71. The van der Waals surface area contributed by atoms with E-state index in [1.54, 1.807) is 7.05 Å². The minimum absolute atomic E-state index is 0.648. The maximum absolute atomic E-state index is 4.37. The van der Waals surface area contributed by atoms with Crippen molar-refractivity contribution in [2.45, 2.75) is 51.7 Å². The van der Waals surface area contributed by atoms with Crippen molar-refractivity contribution in [3.8, 4) is 0 Å². The van der Waals surface area contributed by atoms with Gasteiger partial charge < -0.3 is 19.8 Å². The lowest BCUT2D eigenvalue weighted by molar-refractivity contribution is 0.594. The van der Waals surface area contributed by atoms with E-state index in [0.29, 0.717) is 6.54 Å². The SMILES string of the molecule is CN=C(NCCCn1ccc2ccccc21)NCc1nnc2n1CCCCC2. The second-order valence-corrected chi connectivity index (χ2v) is 7.27. The Morgan fingerprint density at radius 3 is 2.96 bits per heavy atom. The predicted molar refractivity (Wildman–Crippen MR) is 112 cm³/mol. The Hall–Kier alpha value is -2.83. The van der Waals surface area contributed by atoms with Crippen LogP contribution in [0.1, 0.15) is 37.3 Å². The molecule has 2 aromatic heterocycles. The molecule has 0 saturated carbocycles. The summed E-state index contributed by atoms with van der Waals surface area (Å²) in [7, 11) is 1.80. The molecule has 1 aromatic carbocycles. The third-order valence-electron chi connectivity index (χ3n) is 5.37. The molecule has 0 radical (unpaired) electrons. The molecule has 0 atom stereocenters. The molecule has 28 heavy (non-hydrogen) atoms. The first-order valence-corrected chi connectivity index (χ1v) is 10.2. The first kappa shape index (κ1) is 18.5.